The standard InChI is InChI=1S/C38H34OP2.2ClH/c1-7-19-33(20-8-1)40(34-21-9-2-10-22-34,35-23-11-3-12-24-35)31-39-32-41(36-25-13-4-14-26-36,37-27-15-5-16-28-37)38-29-17-6-18-30-38;;/h1-30H,31-32H2;2*1H/q+2;;. The Balaban J connectivity index is 0.00000212. The molecule has 0 saturated heterocycles. The van der Waals surface area contributed by atoms with Crippen LogP contribution in [0.2, 0.25) is 0 Å². The molecule has 6 aromatic carbocycles. The van der Waals surface area contributed by atoms with Gasteiger partial charge in [-0.1, -0.05) is 109 Å². The molecule has 0 heterocycles. The SMILES string of the molecule is Cl.Cl.c1ccc([P+](COC[P+](c2ccccc2)(c2ccccc2)c2ccccc2)(c2ccccc2)c2ccccc2)cc1. The zero-order chi connectivity index (χ0) is 27.8. The zero-order valence-electron chi connectivity index (χ0n) is 23.9. The van der Waals surface area contributed by atoms with Crippen molar-refractivity contribution in [3.63, 3.8) is 0 Å². The Morgan fingerprint density at radius 3 is 0.605 bits per heavy atom. The molecule has 43 heavy (non-hydrogen) atoms. The van der Waals surface area contributed by atoms with Gasteiger partial charge in [0.2, 0.25) is 0 Å². The molecule has 6 aromatic rings. The second-order valence-corrected chi connectivity index (χ2v) is 16.9. The molecule has 5 heteroatoms. The van der Waals surface area contributed by atoms with Crippen molar-refractivity contribution in [3.05, 3.63) is 182 Å². The lowest BCUT2D eigenvalue weighted by atomic mass is 10.4. The van der Waals surface area contributed by atoms with Gasteiger partial charge in [-0.2, -0.15) is 0 Å². The van der Waals surface area contributed by atoms with Gasteiger partial charge < -0.3 is 4.74 Å². The fourth-order valence-corrected chi connectivity index (χ4v) is 13.4. The summed E-state index contributed by atoms with van der Waals surface area (Å²) in [5.74, 6) is 0. The summed E-state index contributed by atoms with van der Waals surface area (Å²) in [6.45, 7) is 0. The van der Waals surface area contributed by atoms with Crippen LogP contribution in [0.5, 0.6) is 0 Å². The molecule has 0 fully saturated rings. The molecule has 0 aliphatic heterocycles. The lowest BCUT2D eigenvalue weighted by Gasteiger charge is -2.30. The molecule has 0 bridgehead atoms. The molecular formula is C38H36Cl2OP2+2. The van der Waals surface area contributed by atoms with E-state index >= 15 is 0 Å². The van der Waals surface area contributed by atoms with Gasteiger partial charge in [-0.3, -0.25) is 0 Å². The molecule has 0 aliphatic carbocycles. The Morgan fingerprint density at radius 2 is 0.442 bits per heavy atom. The Bertz CT molecular complexity index is 1320. The van der Waals surface area contributed by atoms with E-state index in [1.807, 2.05) is 0 Å². The number of ether oxygens (including phenoxy) is 1. The third kappa shape index (κ3) is 6.63. The first-order valence-electron chi connectivity index (χ1n) is 14.0. The van der Waals surface area contributed by atoms with E-state index in [0.717, 1.165) is 0 Å². The highest BCUT2D eigenvalue weighted by atomic mass is 35.5. The lowest BCUT2D eigenvalue weighted by Crippen LogP contribution is -2.37. The highest BCUT2D eigenvalue weighted by Gasteiger charge is 2.50. The maximum Gasteiger partial charge on any atom is 0.175 e. The van der Waals surface area contributed by atoms with Crippen molar-refractivity contribution in [2.75, 3.05) is 12.7 Å². The third-order valence-electron chi connectivity index (χ3n) is 7.75. The highest BCUT2D eigenvalue weighted by molar-refractivity contribution is 7.96. The van der Waals surface area contributed by atoms with Crippen LogP contribution in [0, 0.1) is 0 Å². The van der Waals surface area contributed by atoms with Gasteiger partial charge in [-0.15, -0.1) is 24.8 Å². The summed E-state index contributed by atoms with van der Waals surface area (Å²) >= 11 is 0. The first-order chi connectivity index (χ1) is 20.3. The Morgan fingerprint density at radius 1 is 0.279 bits per heavy atom. The zero-order valence-corrected chi connectivity index (χ0v) is 27.3. The molecular weight excluding hydrogens is 605 g/mol. The van der Waals surface area contributed by atoms with E-state index in [9.17, 15) is 0 Å². The summed E-state index contributed by atoms with van der Waals surface area (Å²) in [4.78, 5) is 0. The molecule has 0 amide bonds. The van der Waals surface area contributed by atoms with Crippen molar-refractivity contribution in [3.8, 4) is 0 Å². The van der Waals surface area contributed by atoms with E-state index in [1.54, 1.807) is 0 Å². The monoisotopic (exact) mass is 640 g/mol. The first kappa shape index (κ1) is 32.6. The summed E-state index contributed by atoms with van der Waals surface area (Å²) in [5, 5.41) is 8.00. The first-order valence-corrected chi connectivity index (χ1v) is 18.0. The fraction of sp³-hybridized carbons (Fsp3) is 0.0526. The topological polar surface area (TPSA) is 9.23 Å². The normalized spacial score (nSPS) is 11.2. The van der Waals surface area contributed by atoms with E-state index in [4.69, 9.17) is 4.74 Å². The average Bonchev–Trinajstić information content (AvgIpc) is 3.08. The van der Waals surface area contributed by atoms with Crippen LogP contribution in [0.3, 0.4) is 0 Å². The average molecular weight is 642 g/mol. The maximum absolute atomic E-state index is 7.19. The summed E-state index contributed by atoms with van der Waals surface area (Å²) < 4.78 is 7.19. The van der Waals surface area contributed by atoms with E-state index in [-0.39, 0.29) is 24.8 Å². The van der Waals surface area contributed by atoms with E-state index < -0.39 is 14.5 Å². The van der Waals surface area contributed by atoms with Crippen LogP contribution in [0.1, 0.15) is 0 Å². The Kier molecular flexibility index (Phi) is 11.7. The van der Waals surface area contributed by atoms with Crippen LogP contribution in [-0.4, -0.2) is 12.7 Å². The number of hydrogen-bond donors (Lipinski definition) is 0. The predicted molar refractivity (Wildman–Crippen MR) is 196 cm³/mol. The van der Waals surface area contributed by atoms with E-state index in [0.29, 0.717) is 12.7 Å². The van der Waals surface area contributed by atoms with Gasteiger partial charge in [0, 0.05) is 0 Å². The fourth-order valence-electron chi connectivity index (χ4n) is 5.75. The summed E-state index contributed by atoms with van der Waals surface area (Å²) in [6, 6.07) is 65.9. The van der Waals surface area contributed by atoms with Crippen LogP contribution in [-0.2, 0) is 4.74 Å². The highest BCUT2D eigenvalue weighted by Crippen LogP contribution is 2.59. The van der Waals surface area contributed by atoms with E-state index in [2.05, 4.69) is 182 Å². The molecule has 0 atom stereocenters. The molecule has 0 radical (unpaired) electrons. The smallest absolute Gasteiger partial charge is 0.175 e. The lowest BCUT2D eigenvalue weighted by molar-refractivity contribution is 0.233. The molecule has 0 spiro atoms. The quantitative estimate of drug-likeness (QED) is 0.139. The second-order valence-electron chi connectivity index (χ2n) is 10.1. The van der Waals surface area contributed by atoms with Gasteiger partial charge in [0.25, 0.3) is 0 Å². The summed E-state index contributed by atoms with van der Waals surface area (Å²) in [7, 11) is -4.24. The van der Waals surface area contributed by atoms with Gasteiger partial charge >= 0.3 is 0 Å². The van der Waals surface area contributed by atoms with Gasteiger partial charge in [0.15, 0.2) is 12.7 Å². The molecule has 0 saturated carbocycles. The largest absolute Gasteiger partial charge is 0.309 e. The van der Waals surface area contributed by atoms with Gasteiger partial charge in [0.05, 0.1) is 0 Å². The minimum Gasteiger partial charge on any atom is -0.309 e. The van der Waals surface area contributed by atoms with Crippen LogP contribution in [0.4, 0.5) is 0 Å². The number of hydrogen-bond acceptors (Lipinski definition) is 1. The van der Waals surface area contributed by atoms with Gasteiger partial charge in [-0.25, -0.2) is 0 Å². The van der Waals surface area contributed by atoms with Crippen molar-refractivity contribution in [1.82, 2.24) is 0 Å². The molecule has 0 N–H and O–H groups in total. The molecule has 0 aliphatic rings. The number of halogens is 2. The van der Waals surface area contributed by atoms with Crippen molar-refractivity contribution >= 4 is 71.2 Å². The second kappa shape index (κ2) is 15.4. The van der Waals surface area contributed by atoms with Gasteiger partial charge in [0.1, 0.15) is 46.4 Å². The van der Waals surface area contributed by atoms with Crippen molar-refractivity contribution in [2.45, 2.75) is 0 Å². The maximum atomic E-state index is 7.19. The van der Waals surface area contributed by atoms with Crippen molar-refractivity contribution in [1.29, 1.82) is 0 Å². The molecule has 6 rings (SSSR count). The molecule has 216 valence electrons. The minimum absolute atomic E-state index is 0. The van der Waals surface area contributed by atoms with Crippen molar-refractivity contribution < 1.29 is 4.74 Å². The Labute approximate surface area is 269 Å². The van der Waals surface area contributed by atoms with Crippen molar-refractivity contribution in [2.24, 2.45) is 0 Å². The van der Waals surface area contributed by atoms with Gasteiger partial charge in [-0.05, 0) is 72.8 Å². The third-order valence-corrected chi connectivity index (χ3v) is 16.0. The van der Waals surface area contributed by atoms with Crippen LogP contribution < -0.4 is 31.8 Å². The summed E-state index contributed by atoms with van der Waals surface area (Å²) in [6.07, 6.45) is 1.25. The van der Waals surface area contributed by atoms with Crippen LogP contribution in [0.25, 0.3) is 0 Å². The molecule has 1 nitrogen and oxygen atoms in total. The van der Waals surface area contributed by atoms with Crippen LogP contribution in [0.15, 0.2) is 182 Å². The minimum atomic E-state index is -2.12. The van der Waals surface area contributed by atoms with Crippen LogP contribution >= 0.6 is 39.3 Å². The molecule has 0 unspecified atom stereocenters. The predicted octanol–water partition coefficient (Wildman–Crippen LogP) is 7.75. The number of rotatable bonds is 10. The number of benzene rings is 6. The Hall–Kier alpha value is -3.28. The molecule has 0 aromatic heterocycles. The van der Waals surface area contributed by atoms with E-state index in [1.165, 1.54) is 31.8 Å². The summed E-state index contributed by atoms with van der Waals surface area (Å²) in [5.41, 5.74) is 0.